The molecule has 0 atom stereocenters. The van der Waals surface area contributed by atoms with Crippen molar-refractivity contribution in [3.05, 3.63) is 10.8 Å². The highest BCUT2D eigenvalue weighted by Gasteiger charge is 2.07. The van der Waals surface area contributed by atoms with Gasteiger partial charge in [0.1, 0.15) is 10.1 Å². The number of aromatic nitrogens is 4. The molecule has 2 rings (SSSR count). The molecule has 0 aromatic carbocycles. The summed E-state index contributed by atoms with van der Waals surface area (Å²) in [5.74, 6) is 1.04. The second-order valence-corrected chi connectivity index (χ2v) is 3.92. The van der Waals surface area contributed by atoms with Crippen LogP contribution in [-0.2, 0) is 0 Å². The van der Waals surface area contributed by atoms with Crippen LogP contribution < -0.4 is 10.6 Å². The van der Waals surface area contributed by atoms with Crippen molar-refractivity contribution in [3.63, 3.8) is 0 Å². The maximum absolute atomic E-state index is 8.75. The molecule has 2 aromatic rings. The molecule has 7 nitrogen and oxygen atoms in total. The first kappa shape index (κ1) is 11.9. The van der Waals surface area contributed by atoms with Crippen LogP contribution in [0.15, 0.2) is 10.8 Å². The van der Waals surface area contributed by atoms with Gasteiger partial charge in [-0.2, -0.15) is 4.98 Å². The third-order valence-electron chi connectivity index (χ3n) is 2.01. The van der Waals surface area contributed by atoms with Gasteiger partial charge in [-0.25, -0.2) is 15.0 Å². The van der Waals surface area contributed by atoms with E-state index in [1.54, 1.807) is 13.2 Å². The molecule has 2 heterocycles. The number of nitrogens with one attached hydrogen (secondary N) is 2. The van der Waals surface area contributed by atoms with Crippen LogP contribution in [-0.4, -0.2) is 45.2 Å². The van der Waals surface area contributed by atoms with E-state index >= 15 is 0 Å². The maximum Gasteiger partial charge on any atom is 0.224 e. The zero-order chi connectivity index (χ0) is 12.3. The highest BCUT2D eigenvalue weighted by molar-refractivity contribution is 9.10. The lowest BCUT2D eigenvalue weighted by molar-refractivity contribution is 0.311. The molecule has 0 saturated heterocycles. The number of aliphatic hydroxyl groups excluding tert-OH is 1. The van der Waals surface area contributed by atoms with E-state index in [-0.39, 0.29) is 6.61 Å². The Morgan fingerprint density at radius 1 is 1.35 bits per heavy atom. The number of hydrogen-bond acceptors (Lipinski definition) is 7. The number of hydrogen-bond donors (Lipinski definition) is 3. The molecule has 17 heavy (non-hydrogen) atoms. The minimum absolute atomic E-state index is 0.0255. The van der Waals surface area contributed by atoms with E-state index in [0.717, 1.165) is 0 Å². The number of nitrogens with zero attached hydrogens (tertiary/aromatic N) is 4. The second-order valence-electron chi connectivity index (χ2n) is 3.17. The van der Waals surface area contributed by atoms with Crippen molar-refractivity contribution in [1.29, 1.82) is 0 Å². The van der Waals surface area contributed by atoms with E-state index in [9.17, 15) is 0 Å². The first-order valence-electron chi connectivity index (χ1n) is 4.97. The van der Waals surface area contributed by atoms with E-state index in [1.807, 2.05) is 0 Å². The molecule has 0 fully saturated rings. The van der Waals surface area contributed by atoms with Gasteiger partial charge in [0.25, 0.3) is 0 Å². The monoisotopic (exact) mass is 298 g/mol. The lowest BCUT2D eigenvalue weighted by Gasteiger charge is -2.06. The Morgan fingerprint density at radius 3 is 2.88 bits per heavy atom. The summed E-state index contributed by atoms with van der Waals surface area (Å²) in [4.78, 5) is 16.8. The Kier molecular flexibility index (Phi) is 3.64. The fourth-order valence-corrected chi connectivity index (χ4v) is 1.67. The Balaban J connectivity index is 2.44. The standard InChI is InChI=1S/C9H11BrN6O/c1-11-9-13-4-5-7(16-9)15-8(6(10)14-5)12-2-3-17/h4,17H,2-3H2,1H3,(H2,11,12,13,15,16). The maximum atomic E-state index is 8.75. The summed E-state index contributed by atoms with van der Waals surface area (Å²) in [5, 5.41) is 14.5. The SMILES string of the molecule is CNc1ncc2nc(Br)c(NCCO)nc2n1. The lowest BCUT2D eigenvalue weighted by Crippen LogP contribution is -2.09. The van der Waals surface area contributed by atoms with Crippen molar-refractivity contribution in [3.8, 4) is 0 Å². The van der Waals surface area contributed by atoms with E-state index < -0.39 is 0 Å². The smallest absolute Gasteiger partial charge is 0.224 e. The number of aliphatic hydroxyl groups is 1. The highest BCUT2D eigenvalue weighted by atomic mass is 79.9. The summed E-state index contributed by atoms with van der Waals surface area (Å²) in [5.41, 5.74) is 1.10. The van der Waals surface area contributed by atoms with Crippen LogP contribution in [0.1, 0.15) is 0 Å². The Hall–Kier alpha value is -1.54. The lowest BCUT2D eigenvalue weighted by atomic mass is 10.5. The normalized spacial score (nSPS) is 10.5. The van der Waals surface area contributed by atoms with Crippen LogP contribution in [0.5, 0.6) is 0 Å². The Morgan fingerprint density at radius 2 is 2.18 bits per heavy atom. The van der Waals surface area contributed by atoms with Crippen molar-refractivity contribution in [2.24, 2.45) is 0 Å². The van der Waals surface area contributed by atoms with Gasteiger partial charge in [0.05, 0.1) is 12.8 Å². The van der Waals surface area contributed by atoms with Crippen LogP contribution in [0, 0.1) is 0 Å². The third-order valence-corrected chi connectivity index (χ3v) is 2.56. The molecule has 2 aromatic heterocycles. The van der Waals surface area contributed by atoms with Crippen molar-refractivity contribution >= 4 is 38.9 Å². The summed E-state index contributed by atoms with van der Waals surface area (Å²) in [6, 6.07) is 0. The quantitative estimate of drug-likeness (QED) is 0.762. The van der Waals surface area contributed by atoms with Crippen LogP contribution in [0.3, 0.4) is 0 Å². The zero-order valence-corrected chi connectivity index (χ0v) is 10.7. The van der Waals surface area contributed by atoms with Crippen LogP contribution >= 0.6 is 15.9 Å². The molecule has 0 spiro atoms. The molecule has 0 bridgehead atoms. The highest BCUT2D eigenvalue weighted by Crippen LogP contribution is 2.20. The molecule has 0 unspecified atom stereocenters. The van der Waals surface area contributed by atoms with Crippen molar-refractivity contribution < 1.29 is 5.11 Å². The number of rotatable bonds is 4. The van der Waals surface area contributed by atoms with Gasteiger partial charge in [-0.15, -0.1) is 0 Å². The molecular weight excluding hydrogens is 288 g/mol. The molecule has 0 radical (unpaired) electrons. The van der Waals surface area contributed by atoms with Gasteiger partial charge in [0.2, 0.25) is 5.95 Å². The van der Waals surface area contributed by atoms with Gasteiger partial charge in [0, 0.05) is 13.6 Å². The van der Waals surface area contributed by atoms with E-state index in [1.165, 1.54) is 0 Å². The van der Waals surface area contributed by atoms with Gasteiger partial charge < -0.3 is 15.7 Å². The minimum atomic E-state index is 0.0255. The summed E-state index contributed by atoms with van der Waals surface area (Å²) < 4.78 is 0.569. The molecule has 0 amide bonds. The molecule has 0 aliphatic rings. The third kappa shape index (κ3) is 2.59. The van der Waals surface area contributed by atoms with Crippen LogP contribution in [0.4, 0.5) is 11.8 Å². The van der Waals surface area contributed by atoms with E-state index in [2.05, 4.69) is 46.5 Å². The number of anilines is 2. The summed E-state index contributed by atoms with van der Waals surface area (Å²) in [7, 11) is 1.73. The van der Waals surface area contributed by atoms with Crippen molar-refractivity contribution in [2.75, 3.05) is 30.8 Å². The van der Waals surface area contributed by atoms with Gasteiger partial charge in [-0.05, 0) is 15.9 Å². The first-order valence-corrected chi connectivity index (χ1v) is 5.76. The minimum Gasteiger partial charge on any atom is -0.395 e. The Labute approximate surface area is 106 Å². The van der Waals surface area contributed by atoms with Gasteiger partial charge in [0.15, 0.2) is 11.5 Å². The average Bonchev–Trinajstić information content (AvgIpc) is 2.35. The van der Waals surface area contributed by atoms with Gasteiger partial charge in [-0.3, -0.25) is 0 Å². The largest absolute Gasteiger partial charge is 0.395 e. The van der Waals surface area contributed by atoms with Crippen LogP contribution in [0.2, 0.25) is 0 Å². The molecule has 0 aliphatic heterocycles. The predicted octanol–water partition coefficient (Wildman–Crippen LogP) is 0.628. The summed E-state index contributed by atoms with van der Waals surface area (Å²) in [6.07, 6.45) is 1.60. The summed E-state index contributed by atoms with van der Waals surface area (Å²) >= 11 is 3.29. The van der Waals surface area contributed by atoms with Crippen molar-refractivity contribution in [2.45, 2.75) is 0 Å². The molecule has 8 heteroatoms. The molecule has 3 N–H and O–H groups in total. The zero-order valence-electron chi connectivity index (χ0n) is 9.11. The molecule has 0 aliphatic carbocycles. The number of fused-ring (bicyclic) bond motifs is 1. The average molecular weight is 299 g/mol. The topological polar surface area (TPSA) is 95.9 Å². The molecule has 90 valence electrons. The second kappa shape index (κ2) is 5.19. The van der Waals surface area contributed by atoms with Gasteiger partial charge >= 0.3 is 0 Å². The van der Waals surface area contributed by atoms with E-state index in [4.69, 9.17) is 5.11 Å². The Bertz CT molecular complexity index is 534. The molecule has 0 saturated carbocycles. The predicted molar refractivity (Wildman–Crippen MR) is 68.0 cm³/mol. The fourth-order valence-electron chi connectivity index (χ4n) is 1.25. The summed E-state index contributed by atoms with van der Waals surface area (Å²) in [6.45, 7) is 0.431. The number of halogens is 1. The van der Waals surface area contributed by atoms with E-state index in [0.29, 0.717) is 34.1 Å². The van der Waals surface area contributed by atoms with Gasteiger partial charge in [-0.1, -0.05) is 0 Å². The van der Waals surface area contributed by atoms with Crippen LogP contribution in [0.25, 0.3) is 11.2 Å². The fraction of sp³-hybridized carbons (Fsp3) is 0.333. The molecular formula is C9H11BrN6O. The first-order chi connectivity index (χ1) is 8.24. The van der Waals surface area contributed by atoms with Crippen molar-refractivity contribution in [1.82, 2.24) is 19.9 Å².